The van der Waals surface area contributed by atoms with E-state index >= 15 is 0 Å². The molecule has 6 aromatic rings. The van der Waals surface area contributed by atoms with Crippen molar-refractivity contribution in [1.29, 1.82) is 0 Å². The molecule has 328 valence electrons. The molecule has 7 heteroatoms. The third-order valence-corrected chi connectivity index (χ3v) is 18.8. The standard InChI is InChI=1S/C54H74Cl2N4Si/c1-33(2)41-21-17-22-42(34(3)4)49(41)57-29-30-58(50-43(35(5)6)23-18-24-44(50)36(7)8)53(57)61(55,56)54-59(51-45(37(9)10)25-19-26-46(51)38(11)12)31-32-60(54)52-47(39(13)14)27-20-28-48(52)40(15)16/h17-40H,61H2,1-16H3. The number of nitrogens with zero attached hydrogens (tertiary/aromatic N) is 4. The van der Waals surface area contributed by atoms with Crippen LogP contribution in [0.4, 0.5) is 0 Å². The second kappa shape index (κ2) is 18.4. The molecule has 0 atom stereocenters. The van der Waals surface area contributed by atoms with Crippen LogP contribution in [-0.4, -0.2) is 15.8 Å². The van der Waals surface area contributed by atoms with E-state index in [1.807, 2.05) is 0 Å². The van der Waals surface area contributed by atoms with Crippen LogP contribution < -0.4 is 20.0 Å². The Hall–Kier alpha value is -3.90. The fourth-order valence-corrected chi connectivity index (χ4v) is 16.0. The summed E-state index contributed by atoms with van der Waals surface area (Å²) in [4.78, 5) is 0. The van der Waals surface area contributed by atoms with E-state index in [1.165, 1.54) is 67.3 Å². The van der Waals surface area contributed by atoms with E-state index in [9.17, 15) is 0 Å². The van der Waals surface area contributed by atoms with Gasteiger partial charge in [0.05, 0.1) is 0 Å². The summed E-state index contributed by atoms with van der Waals surface area (Å²) >= 11 is 17.6. The molecular weight excluding hydrogens is 804 g/mol. The van der Waals surface area contributed by atoms with Crippen LogP contribution in [0.2, 0.25) is 0 Å². The molecule has 0 bridgehead atoms. The molecule has 0 aliphatic heterocycles. The average molecular weight is 878 g/mol. The number of hydrogen-bond donors (Lipinski definition) is 0. The molecule has 0 saturated heterocycles. The van der Waals surface area contributed by atoms with Crippen LogP contribution in [0.1, 0.15) is 203 Å². The first-order chi connectivity index (χ1) is 28.7. The molecule has 0 saturated carbocycles. The molecule has 6 rings (SSSR count). The maximum absolute atomic E-state index is 8.82. The van der Waals surface area contributed by atoms with Gasteiger partial charge in [0, 0.05) is 0 Å². The minimum atomic E-state index is -4.84. The fourth-order valence-electron chi connectivity index (χ4n) is 9.81. The summed E-state index contributed by atoms with van der Waals surface area (Å²) in [5, 5.41) is 0. The average Bonchev–Trinajstić information content (AvgIpc) is 3.85. The summed E-state index contributed by atoms with van der Waals surface area (Å²) in [5.41, 5.74) is 17.0. The van der Waals surface area contributed by atoms with Crippen LogP contribution >= 0.6 is 22.2 Å². The second-order valence-electron chi connectivity index (χ2n) is 20.1. The van der Waals surface area contributed by atoms with Crippen molar-refractivity contribution >= 4 is 39.7 Å². The van der Waals surface area contributed by atoms with E-state index in [-0.39, 0.29) is 47.3 Å². The van der Waals surface area contributed by atoms with Gasteiger partial charge in [-0.1, -0.05) is 0 Å². The van der Waals surface area contributed by atoms with Gasteiger partial charge in [-0.3, -0.25) is 0 Å². The van der Waals surface area contributed by atoms with Crippen LogP contribution in [0, 0.1) is 0 Å². The van der Waals surface area contributed by atoms with Gasteiger partial charge in [0.15, 0.2) is 0 Å². The van der Waals surface area contributed by atoms with Crippen molar-refractivity contribution in [2.45, 2.75) is 158 Å². The molecule has 61 heavy (non-hydrogen) atoms. The molecule has 0 N–H and O–H groups in total. The Labute approximate surface area is 379 Å². The summed E-state index contributed by atoms with van der Waals surface area (Å²) < 4.78 is 9.69. The third-order valence-electron chi connectivity index (χ3n) is 13.0. The summed E-state index contributed by atoms with van der Waals surface area (Å²) in [6, 6.07) is 27.2. The Balaban J connectivity index is 1.92. The topological polar surface area (TPSA) is 17.6 Å². The second-order valence-corrected chi connectivity index (χ2v) is 28.6. The first-order valence-corrected chi connectivity index (χ1v) is 28.9. The predicted octanol–water partition coefficient (Wildman–Crippen LogP) is 13.3. The number of halogens is 2. The van der Waals surface area contributed by atoms with Crippen LogP contribution in [0.5, 0.6) is 0 Å². The van der Waals surface area contributed by atoms with E-state index < -0.39 is 6.69 Å². The monoisotopic (exact) mass is 877 g/mol. The molecule has 2 aromatic heterocycles. The van der Waals surface area contributed by atoms with Crippen LogP contribution in [0.3, 0.4) is 0 Å². The van der Waals surface area contributed by atoms with Gasteiger partial charge in [-0.2, -0.15) is 0 Å². The van der Waals surface area contributed by atoms with E-state index in [0.717, 1.165) is 10.9 Å². The SMILES string of the molecule is CC(C)c1cccc(C(C)C)c1-n1cc[n+](-c2c(C(C)C)cccc2C(C)C)c1[SiH2-2](Cl)(Cl)c1n(-c2c(C(C)C)cccc2C(C)C)cc[n+]1-c1c(C(C)C)cccc1C(C)C. The van der Waals surface area contributed by atoms with Gasteiger partial charge >= 0.3 is 381 Å². The molecule has 2 heterocycles. The molecule has 0 aliphatic carbocycles. The van der Waals surface area contributed by atoms with E-state index in [0.29, 0.717) is 0 Å². The molecule has 0 radical (unpaired) electrons. The number of para-hydroxylation sites is 4. The van der Waals surface area contributed by atoms with Crippen LogP contribution in [0.15, 0.2) is 97.6 Å². The van der Waals surface area contributed by atoms with Crippen molar-refractivity contribution < 1.29 is 9.13 Å². The van der Waals surface area contributed by atoms with Crippen molar-refractivity contribution in [3.8, 4) is 22.7 Å². The van der Waals surface area contributed by atoms with Crippen LogP contribution in [-0.2, 0) is 0 Å². The fraction of sp³-hybridized carbons (Fsp3) is 0.444. The number of benzene rings is 4. The van der Waals surface area contributed by atoms with Gasteiger partial charge in [0.2, 0.25) is 0 Å². The van der Waals surface area contributed by atoms with Crippen molar-refractivity contribution in [2.75, 3.05) is 0 Å². The first kappa shape index (κ1) is 46.6. The minimum absolute atomic E-state index is 0.270. The Kier molecular flexibility index (Phi) is 14.1. The van der Waals surface area contributed by atoms with Gasteiger partial charge in [-0.05, 0) is 0 Å². The van der Waals surface area contributed by atoms with Crippen LogP contribution in [0.25, 0.3) is 22.7 Å². The third kappa shape index (κ3) is 8.61. The molecule has 4 nitrogen and oxygen atoms in total. The number of hydrogen-bond acceptors (Lipinski definition) is 0. The Morgan fingerprint density at radius 2 is 0.574 bits per heavy atom. The number of imidazole rings is 2. The van der Waals surface area contributed by atoms with Crippen molar-refractivity contribution in [3.63, 3.8) is 0 Å². The maximum atomic E-state index is 8.82. The van der Waals surface area contributed by atoms with E-state index in [2.05, 4.69) is 227 Å². The summed E-state index contributed by atoms with van der Waals surface area (Å²) in [6.45, 7) is 31.9. The zero-order chi connectivity index (χ0) is 44.8. The van der Waals surface area contributed by atoms with Gasteiger partial charge in [0.25, 0.3) is 0 Å². The van der Waals surface area contributed by atoms with Gasteiger partial charge < -0.3 is 0 Å². The quantitative estimate of drug-likeness (QED) is 0.0589. The number of rotatable bonds is 14. The zero-order valence-electron chi connectivity index (χ0n) is 40.1. The molecule has 0 fully saturated rings. The predicted molar refractivity (Wildman–Crippen MR) is 267 cm³/mol. The normalized spacial score (nSPS) is 12.9. The molecule has 0 unspecified atom stereocenters. The van der Waals surface area contributed by atoms with Gasteiger partial charge in [-0.25, -0.2) is 0 Å². The molecule has 0 spiro atoms. The zero-order valence-corrected chi connectivity index (χ0v) is 43.0. The van der Waals surface area contributed by atoms with Crippen molar-refractivity contribution in [2.24, 2.45) is 0 Å². The molecule has 0 amide bonds. The first-order valence-electron chi connectivity index (χ1n) is 23.3. The molecular formula is C54H74Cl2N4Si. The van der Waals surface area contributed by atoms with Crippen molar-refractivity contribution in [1.82, 2.24) is 9.13 Å². The van der Waals surface area contributed by atoms with E-state index in [1.54, 1.807) is 0 Å². The molecule has 4 aromatic carbocycles. The summed E-state index contributed by atoms with van der Waals surface area (Å²) in [5.74, 6) is 2.16. The van der Waals surface area contributed by atoms with Gasteiger partial charge in [0.1, 0.15) is 0 Å². The summed E-state index contributed by atoms with van der Waals surface area (Å²) in [6.07, 6.45) is 9.04. The Morgan fingerprint density at radius 3 is 0.787 bits per heavy atom. The summed E-state index contributed by atoms with van der Waals surface area (Å²) in [7, 11) is 0. The van der Waals surface area contributed by atoms with Crippen molar-refractivity contribution in [3.05, 3.63) is 142 Å². The molecule has 0 aliphatic rings. The number of aromatic nitrogens is 4. The van der Waals surface area contributed by atoms with E-state index in [4.69, 9.17) is 22.2 Å². The Bertz CT molecular complexity index is 2060. The van der Waals surface area contributed by atoms with Gasteiger partial charge in [-0.15, -0.1) is 0 Å². The Morgan fingerprint density at radius 1 is 0.361 bits per heavy atom.